The van der Waals surface area contributed by atoms with Crippen LogP contribution in [-0.2, 0) is 14.3 Å². The highest BCUT2D eigenvalue weighted by atomic mass is 16.5. The molecule has 132 valence electrons. The minimum Gasteiger partial charge on any atom is -0.499 e. The van der Waals surface area contributed by atoms with Crippen LogP contribution in [0, 0.1) is 11.3 Å². The number of methoxy groups -OCH3 is 1. The van der Waals surface area contributed by atoms with Gasteiger partial charge in [-0.1, -0.05) is 25.7 Å². The zero-order chi connectivity index (χ0) is 17.5. The second-order valence-corrected chi connectivity index (χ2v) is 6.28. The molecule has 1 aliphatic heterocycles. The Morgan fingerprint density at radius 1 is 1.54 bits per heavy atom. The van der Waals surface area contributed by atoms with Crippen LogP contribution in [0.4, 0.5) is 0 Å². The highest BCUT2D eigenvalue weighted by Gasteiger charge is 2.36. The summed E-state index contributed by atoms with van der Waals surface area (Å²) in [6, 6.07) is -0.566. The Balaban J connectivity index is 2.07. The van der Waals surface area contributed by atoms with Crippen molar-refractivity contribution in [2.75, 3.05) is 20.7 Å². The number of nitrogens with two attached hydrogens (primary N) is 1. The molecule has 0 bridgehead atoms. The van der Waals surface area contributed by atoms with Gasteiger partial charge in [0.25, 0.3) is 5.91 Å². The lowest BCUT2D eigenvalue weighted by Gasteiger charge is -2.29. The van der Waals surface area contributed by atoms with Crippen molar-refractivity contribution in [3.05, 3.63) is 24.1 Å². The molecule has 0 aromatic carbocycles. The summed E-state index contributed by atoms with van der Waals surface area (Å²) >= 11 is 0. The van der Waals surface area contributed by atoms with Crippen LogP contribution in [0.1, 0.15) is 32.1 Å². The fourth-order valence-corrected chi connectivity index (χ4v) is 3.29. The summed E-state index contributed by atoms with van der Waals surface area (Å²) in [7, 11) is 3.37. The van der Waals surface area contributed by atoms with Gasteiger partial charge in [-0.15, -0.1) is 0 Å². The van der Waals surface area contributed by atoms with E-state index in [1.807, 2.05) is 7.05 Å². The monoisotopic (exact) mass is 335 g/mol. The van der Waals surface area contributed by atoms with Crippen LogP contribution >= 0.6 is 0 Å². The van der Waals surface area contributed by atoms with E-state index in [2.05, 4.69) is 5.32 Å². The summed E-state index contributed by atoms with van der Waals surface area (Å²) in [5.74, 6) is 0.551. The van der Waals surface area contributed by atoms with Crippen LogP contribution in [-0.4, -0.2) is 49.3 Å². The van der Waals surface area contributed by atoms with Crippen LogP contribution < -0.4 is 10.6 Å². The molecule has 0 saturated heterocycles. The van der Waals surface area contributed by atoms with Crippen LogP contribution in [0.2, 0.25) is 0 Å². The fraction of sp³-hybridized carbons (Fsp3) is 0.588. The third kappa shape index (κ3) is 4.67. The Morgan fingerprint density at radius 2 is 2.25 bits per heavy atom. The molecule has 1 unspecified atom stereocenters. The molecule has 1 atom stereocenters. The quantitative estimate of drug-likeness (QED) is 0.455. The predicted molar refractivity (Wildman–Crippen MR) is 90.0 cm³/mol. The highest BCUT2D eigenvalue weighted by Crippen LogP contribution is 2.31. The Labute approximate surface area is 142 Å². The number of carbonyl (C=O) groups excluding carboxylic acids is 2. The van der Waals surface area contributed by atoms with E-state index in [9.17, 15) is 9.59 Å². The smallest absolute Gasteiger partial charge is 0.251 e. The number of quaternary nitrogens is 1. The van der Waals surface area contributed by atoms with E-state index in [-0.39, 0.29) is 17.6 Å². The number of carbonyl (C=O) groups is 2. The zero-order valence-electron chi connectivity index (χ0n) is 14.4. The van der Waals surface area contributed by atoms with Crippen molar-refractivity contribution in [2.24, 2.45) is 5.92 Å². The first kappa shape index (κ1) is 18.2. The average molecular weight is 335 g/mol. The standard InChI is InChI=1S/C17H26N4O3/c1-19-8-7-15(18)20-17(23)14(9-12-5-3-4-6-12)21-11-13(24-2)10-16(21)22/h7-8,10,12,14,19H,3-6,9,11H2,1-2H3,(H2,18,20,23)/p+1. The second-order valence-electron chi connectivity index (χ2n) is 6.28. The van der Waals surface area contributed by atoms with Gasteiger partial charge in [0.1, 0.15) is 17.6 Å². The summed E-state index contributed by atoms with van der Waals surface area (Å²) in [6.07, 6.45) is 9.84. The van der Waals surface area contributed by atoms with Crippen molar-refractivity contribution in [3.63, 3.8) is 0 Å². The van der Waals surface area contributed by atoms with Gasteiger partial charge in [-0.25, -0.2) is 0 Å². The zero-order valence-corrected chi connectivity index (χ0v) is 14.4. The Morgan fingerprint density at radius 3 is 2.83 bits per heavy atom. The molecule has 1 saturated carbocycles. The van der Waals surface area contributed by atoms with Crippen molar-refractivity contribution in [1.82, 2.24) is 10.2 Å². The Bertz CT molecular complexity index is 550. The van der Waals surface area contributed by atoms with Crippen molar-refractivity contribution in [3.8, 4) is 0 Å². The highest BCUT2D eigenvalue weighted by molar-refractivity contribution is 6.05. The number of rotatable bonds is 7. The Hall–Kier alpha value is -2.15. The van der Waals surface area contributed by atoms with Gasteiger partial charge in [-0.2, -0.15) is 0 Å². The van der Waals surface area contributed by atoms with E-state index >= 15 is 0 Å². The molecule has 1 aliphatic carbocycles. The minimum absolute atomic E-state index is 0.0288. The molecule has 0 aromatic rings. The molecule has 2 rings (SSSR count). The average Bonchev–Trinajstić information content (AvgIpc) is 3.19. The van der Waals surface area contributed by atoms with Gasteiger partial charge < -0.3 is 20.3 Å². The third-order valence-electron chi connectivity index (χ3n) is 4.58. The number of hydrogen-bond donors (Lipinski definition) is 3. The molecule has 24 heavy (non-hydrogen) atoms. The molecule has 0 radical (unpaired) electrons. The molecular weight excluding hydrogens is 308 g/mol. The third-order valence-corrected chi connectivity index (χ3v) is 4.58. The number of hydrogen-bond acceptors (Lipinski definition) is 4. The Kier molecular flexibility index (Phi) is 6.54. The van der Waals surface area contributed by atoms with E-state index in [4.69, 9.17) is 10.1 Å². The predicted octanol–water partition coefficient (Wildman–Crippen LogP) is 0.108. The largest absolute Gasteiger partial charge is 0.499 e. The van der Waals surface area contributed by atoms with E-state index in [1.165, 1.54) is 32.1 Å². The topological polar surface area (TPSA) is 99.1 Å². The second kappa shape index (κ2) is 8.63. The number of nitrogens with zero attached hydrogens (tertiary/aromatic N) is 1. The summed E-state index contributed by atoms with van der Waals surface area (Å²) < 4.78 is 5.16. The van der Waals surface area contributed by atoms with E-state index < -0.39 is 6.04 Å². The molecule has 0 spiro atoms. The molecule has 4 N–H and O–H groups in total. The number of amidine groups is 1. The number of amides is 2. The van der Waals surface area contributed by atoms with Gasteiger partial charge in [-0.3, -0.25) is 15.0 Å². The van der Waals surface area contributed by atoms with Crippen molar-refractivity contribution in [1.29, 1.82) is 5.41 Å². The molecule has 2 amide bonds. The summed E-state index contributed by atoms with van der Waals surface area (Å²) in [6.45, 7) is 0.312. The van der Waals surface area contributed by atoms with E-state index in [0.717, 1.165) is 12.8 Å². The first-order valence-electron chi connectivity index (χ1n) is 8.45. The first-order valence-corrected chi connectivity index (χ1v) is 8.45. The summed E-state index contributed by atoms with van der Waals surface area (Å²) in [5.41, 5.74) is 0. The van der Waals surface area contributed by atoms with Crippen LogP contribution in [0.5, 0.6) is 0 Å². The molecule has 2 aliphatic rings. The maximum absolute atomic E-state index is 12.7. The number of nitrogens with one attached hydrogen (secondary N) is 2. The van der Waals surface area contributed by atoms with Crippen LogP contribution in [0.25, 0.3) is 0 Å². The van der Waals surface area contributed by atoms with Crippen molar-refractivity contribution < 1.29 is 19.6 Å². The van der Waals surface area contributed by atoms with Gasteiger partial charge in [0.15, 0.2) is 0 Å². The molecule has 1 fully saturated rings. The molecule has 0 aromatic heterocycles. The first-order chi connectivity index (χ1) is 11.5. The fourth-order valence-electron chi connectivity index (χ4n) is 3.29. The SMILES string of the molecule is C[NH2+]C=CC(=N)NC(=O)C(CC1CCCC1)N1CC(OC)=CC1=O. The van der Waals surface area contributed by atoms with Gasteiger partial charge in [0.2, 0.25) is 5.91 Å². The van der Waals surface area contributed by atoms with Gasteiger partial charge in [0.05, 0.1) is 26.9 Å². The van der Waals surface area contributed by atoms with Gasteiger partial charge in [-0.05, 0) is 12.3 Å². The lowest BCUT2D eigenvalue weighted by Crippen LogP contribution is -2.72. The van der Waals surface area contributed by atoms with Gasteiger partial charge in [0, 0.05) is 12.2 Å². The number of ether oxygens (including phenoxy) is 1. The molecule has 7 nitrogen and oxygen atoms in total. The van der Waals surface area contributed by atoms with Gasteiger partial charge >= 0.3 is 0 Å². The maximum atomic E-state index is 12.7. The maximum Gasteiger partial charge on any atom is 0.251 e. The lowest BCUT2D eigenvalue weighted by atomic mass is 9.96. The van der Waals surface area contributed by atoms with Crippen molar-refractivity contribution >= 4 is 17.6 Å². The summed E-state index contributed by atoms with van der Waals surface area (Å²) in [5, 5.41) is 12.2. The summed E-state index contributed by atoms with van der Waals surface area (Å²) in [4.78, 5) is 26.5. The van der Waals surface area contributed by atoms with Crippen LogP contribution in [0.15, 0.2) is 24.1 Å². The van der Waals surface area contributed by atoms with Crippen LogP contribution in [0.3, 0.4) is 0 Å². The normalized spacial score (nSPS) is 19.7. The lowest BCUT2D eigenvalue weighted by molar-refractivity contribution is -0.556. The van der Waals surface area contributed by atoms with E-state index in [0.29, 0.717) is 24.6 Å². The molecular formula is C17H27N4O3+. The molecule has 7 heteroatoms. The molecule has 1 heterocycles. The van der Waals surface area contributed by atoms with E-state index in [1.54, 1.807) is 16.4 Å². The minimum atomic E-state index is -0.566. The van der Waals surface area contributed by atoms with Crippen molar-refractivity contribution in [2.45, 2.75) is 38.1 Å².